The van der Waals surface area contributed by atoms with Crippen LogP contribution in [0, 0.1) is 0 Å². The Balaban J connectivity index is 2.35. The highest BCUT2D eigenvalue weighted by atomic mass is 35.5. The van der Waals surface area contributed by atoms with Crippen LogP contribution in [-0.4, -0.2) is 29.3 Å². The van der Waals surface area contributed by atoms with Gasteiger partial charge < -0.3 is 9.84 Å². The summed E-state index contributed by atoms with van der Waals surface area (Å²) < 4.78 is 5.24. The van der Waals surface area contributed by atoms with E-state index in [1.807, 2.05) is 6.92 Å². The van der Waals surface area contributed by atoms with E-state index in [1.54, 1.807) is 0 Å². The largest absolute Gasteiger partial charge is 0.394 e. The first kappa shape index (κ1) is 7.32. The Morgan fingerprint density at radius 1 is 1.78 bits per heavy atom. The lowest BCUT2D eigenvalue weighted by Crippen LogP contribution is -2.12. The van der Waals surface area contributed by atoms with Crippen LogP contribution >= 0.6 is 11.6 Å². The molecule has 1 aliphatic rings. The summed E-state index contributed by atoms with van der Waals surface area (Å²) in [6, 6.07) is 0. The molecule has 0 amide bonds. The summed E-state index contributed by atoms with van der Waals surface area (Å²) in [6.07, 6.45) is 0.852. The van der Waals surface area contributed by atoms with Crippen LogP contribution in [0.25, 0.3) is 0 Å². The molecule has 9 heavy (non-hydrogen) atoms. The van der Waals surface area contributed by atoms with E-state index >= 15 is 0 Å². The van der Waals surface area contributed by atoms with Crippen molar-refractivity contribution in [2.45, 2.75) is 30.9 Å². The standard InChI is InChI=1S/C6H11ClO2/c1-4-6(7)2-5(3-8)9-4/h4-6,8H,2-3H2,1H3/t4-,5?,6+/m0/s1. The molecule has 1 N–H and O–H groups in total. The minimum atomic E-state index is -0.0255. The van der Waals surface area contributed by atoms with Crippen LogP contribution in [0.3, 0.4) is 0 Å². The Morgan fingerprint density at radius 2 is 2.44 bits per heavy atom. The van der Waals surface area contributed by atoms with Gasteiger partial charge in [-0.1, -0.05) is 0 Å². The third-order valence-electron chi connectivity index (χ3n) is 1.61. The number of alkyl halides is 1. The van der Waals surface area contributed by atoms with Crippen molar-refractivity contribution in [3.05, 3.63) is 0 Å². The predicted molar refractivity (Wildman–Crippen MR) is 35.7 cm³/mol. The van der Waals surface area contributed by atoms with Crippen LogP contribution in [0.5, 0.6) is 0 Å². The van der Waals surface area contributed by atoms with Crippen LogP contribution in [0.1, 0.15) is 13.3 Å². The Bertz CT molecular complexity index is 87.1. The lowest BCUT2D eigenvalue weighted by Gasteiger charge is -2.05. The van der Waals surface area contributed by atoms with E-state index in [0.29, 0.717) is 0 Å². The minimum Gasteiger partial charge on any atom is -0.394 e. The molecule has 1 heterocycles. The van der Waals surface area contributed by atoms with E-state index in [1.165, 1.54) is 0 Å². The maximum Gasteiger partial charge on any atom is 0.0825 e. The summed E-state index contributed by atoms with van der Waals surface area (Å²) in [6.45, 7) is 2.01. The highest BCUT2D eigenvalue weighted by Crippen LogP contribution is 2.23. The second kappa shape index (κ2) is 2.86. The zero-order valence-electron chi connectivity index (χ0n) is 5.38. The summed E-state index contributed by atoms with van der Waals surface area (Å²) in [7, 11) is 0. The van der Waals surface area contributed by atoms with Crippen LogP contribution in [-0.2, 0) is 4.74 Å². The first-order valence-corrected chi connectivity index (χ1v) is 3.58. The molecule has 0 aromatic carbocycles. The maximum atomic E-state index is 8.62. The van der Waals surface area contributed by atoms with Crippen molar-refractivity contribution in [1.29, 1.82) is 0 Å². The summed E-state index contributed by atoms with van der Waals surface area (Å²) in [5, 5.41) is 8.70. The first-order valence-electron chi connectivity index (χ1n) is 3.14. The van der Waals surface area contributed by atoms with E-state index in [0.717, 1.165) is 6.42 Å². The molecular formula is C6H11ClO2. The quantitative estimate of drug-likeness (QED) is 0.560. The van der Waals surface area contributed by atoms with Crippen LogP contribution in [0.15, 0.2) is 0 Å². The number of rotatable bonds is 1. The van der Waals surface area contributed by atoms with Crippen LogP contribution in [0.4, 0.5) is 0 Å². The number of ether oxygens (including phenoxy) is 1. The molecule has 1 aliphatic heterocycles. The second-order valence-electron chi connectivity index (χ2n) is 2.40. The molecule has 2 nitrogen and oxygen atoms in total. The van der Waals surface area contributed by atoms with Crippen molar-refractivity contribution in [3.63, 3.8) is 0 Å². The maximum absolute atomic E-state index is 8.62. The highest BCUT2D eigenvalue weighted by Gasteiger charge is 2.29. The van der Waals surface area contributed by atoms with Crippen molar-refractivity contribution in [2.24, 2.45) is 0 Å². The van der Waals surface area contributed by atoms with Gasteiger partial charge in [0.05, 0.1) is 24.2 Å². The van der Waals surface area contributed by atoms with E-state index in [9.17, 15) is 0 Å². The number of aliphatic hydroxyl groups is 1. The van der Waals surface area contributed by atoms with Gasteiger partial charge in [0.1, 0.15) is 0 Å². The molecule has 1 saturated heterocycles. The Morgan fingerprint density at radius 3 is 2.67 bits per heavy atom. The van der Waals surface area contributed by atoms with Gasteiger partial charge in [0, 0.05) is 0 Å². The second-order valence-corrected chi connectivity index (χ2v) is 2.96. The summed E-state index contributed by atoms with van der Waals surface area (Å²) in [4.78, 5) is 0. The summed E-state index contributed by atoms with van der Waals surface area (Å²) in [5.41, 5.74) is 0. The monoisotopic (exact) mass is 150 g/mol. The molecule has 0 bridgehead atoms. The highest BCUT2D eigenvalue weighted by molar-refractivity contribution is 6.21. The topological polar surface area (TPSA) is 29.5 Å². The van der Waals surface area contributed by atoms with Gasteiger partial charge in [-0.25, -0.2) is 0 Å². The van der Waals surface area contributed by atoms with E-state index in [-0.39, 0.29) is 24.2 Å². The number of halogens is 1. The van der Waals surface area contributed by atoms with Gasteiger partial charge in [-0.2, -0.15) is 0 Å². The van der Waals surface area contributed by atoms with Crippen molar-refractivity contribution >= 4 is 11.6 Å². The lowest BCUT2D eigenvalue weighted by molar-refractivity contribution is 0.0202. The third-order valence-corrected chi connectivity index (χ3v) is 2.14. The van der Waals surface area contributed by atoms with Gasteiger partial charge in [0.15, 0.2) is 0 Å². The Kier molecular flexibility index (Phi) is 2.33. The van der Waals surface area contributed by atoms with Crippen LogP contribution < -0.4 is 0 Å². The molecule has 0 aromatic heterocycles. The molecule has 0 aromatic rings. The lowest BCUT2D eigenvalue weighted by atomic mass is 10.2. The number of hydrogen-bond donors (Lipinski definition) is 1. The van der Waals surface area contributed by atoms with Crippen molar-refractivity contribution in [2.75, 3.05) is 6.61 Å². The molecule has 0 aliphatic carbocycles. The Hall–Kier alpha value is 0.210. The molecular weight excluding hydrogens is 140 g/mol. The molecule has 1 fully saturated rings. The van der Waals surface area contributed by atoms with E-state index in [2.05, 4.69) is 0 Å². The normalized spacial score (nSPS) is 43.7. The fourth-order valence-electron chi connectivity index (χ4n) is 1.00. The van der Waals surface area contributed by atoms with Gasteiger partial charge >= 0.3 is 0 Å². The molecule has 54 valence electrons. The molecule has 1 rings (SSSR count). The van der Waals surface area contributed by atoms with E-state index in [4.69, 9.17) is 21.4 Å². The molecule has 3 heteroatoms. The predicted octanol–water partition coefficient (Wildman–Crippen LogP) is 0.763. The minimum absolute atomic E-state index is 0.0255. The summed E-state index contributed by atoms with van der Waals surface area (Å²) >= 11 is 5.80. The van der Waals surface area contributed by atoms with Gasteiger partial charge in [-0.05, 0) is 13.3 Å². The van der Waals surface area contributed by atoms with Crippen molar-refractivity contribution < 1.29 is 9.84 Å². The average Bonchev–Trinajstić information content (AvgIpc) is 2.13. The Labute approximate surface area is 59.8 Å². The smallest absolute Gasteiger partial charge is 0.0825 e. The van der Waals surface area contributed by atoms with Gasteiger partial charge in [0.25, 0.3) is 0 Å². The summed E-state index contributed by atoms with van der Waals surface area (Å²) in [5.74, 6) is 0. The van der Waals surface area contributed by atoms with Crippen molar-refractivity contribution in [1.82, 2.24) is 0 Å². The number of aliphatic hydroxyl groups excluding tert-OH is 1. The van der Waals surface area contributed by atoms with E-state index < -0.39 is 0 Å². The molecule has 0 spiro atoms. The molecule has 1 unspecified atom stereocenters. The zero-order chi connectivity index (χ0) is 6.85. The molecule has 3 atom stereocenters. The third kappa shape index (κ3) is 1.57. The van der Waals surface area contributed by atoms with Crippen molar-refractivity contribution in [3.8, 4) is 0 Å². The van der Waals surface area contributed by atoms with Gasteiger partial charge in [0.2, 0.25) is 0 Å². The first-order chi connectivity index (χ1) is 4.24. The fourth-order valence-corrected chi connectivity index (χ4v) is 1.26. The molecule has 0 saturated carbocycles. The fraction of sp³-hybridized carbons (Fsp3) is 1.00. The van der Waals surface area contributed by atoms with Crippen LogP contribution in [0.2, 0.25) is 0 Å². The average molecular weight is 151 g/mol. The number of hydrogen-bond acceptors (Lipinski definition) is 2. The van der Waals surface area contributed by atoms with Gasteiger partial charge in [-0.15, -0.1) is 11.6 Å². The zero-order valence-corrected chi connectivity index (χ0v) is 6.14. The van der Waals surface area contributed by atoms with Gasteiger partial charge in [-0.3, -0.25) is 0 Å². The SMILES string of the molecule is C[C@@H]1OC(CO)C[C@H]1Cl. The molecule has 0 radical (unpaired) electrons.